The van der Waals surface area contributed by atoms with Gasteiger partial charge in [-0.3, -0.25) is 20.0 Å². The number of hydrogen-bond donors (Lipinski definition) is 4. The second-order valence-corrected chi connectivity index (χ2v) is 2.34. The Morgan fingerprint density at radius 3 is 2.77 bits per heavy atom. The fourth-order valence-electron chi connectivity index (χ4n) is 0.793. The first-order valence-corrected chi connectivity index (χ1v) is 3.44. The van der Waals surface area contributed by atoms with Crippen molar-refractivity contribution in [1.82, 2.24) is 15.4 Å². The number of nitrogens with one attached hydrogen (secondary N) is 3. The SMILES string of the molecule is NNC(=O)Cc1c[nH]c(=O)[nH]c1=O. The third-order valence-electron chi connectivity index (χ3n) is 1.41. The number of hydrogen-bond acceptors (Lipinski definition) is 4. The van der Waals surface area contributed by atoms with E-state index < -0.39 is 17.2 Å². The maximum atomic E-state index is 11.0. The monoisotopic (exact) mass is 184 g/mol. The number of amides is 1. The molecular formula is C6H8N4O3. The van der Waals surface area contributed by atoms with Crippen molar-refractivity contribution in [1.29, 1.82) is 0 Å². The van der Waals surface area contributed by atoms with E-state index in [0.29, 0.717) is 0 Å². The lowest BCUT2D eigenvalue weighted by Gasteiger charge is -1.97. The smallest absolute Gasteiger partial charge is 0.314 e. The summed E-state index contributed by atoms with van der Waals surface area (Å²) >= 11 is 0. The predicted molar refractivity (Wildman–Crippen MR) is 43.7 cm³/mol. The van der Waals surface area contributed by atoms with E-state index in [4.69, 9.17) is 5.84 Å². The van der Waals surface area contributed by atoms with Crippen LogP contribution in [0.4, 0.5) is 0 Å². The third kappa shape index (κ3) is 2.27. The fraction of sp³-hybridized carbons (Fsp3) is 0.167. The lowest BCUT2D eigenvalue weighted by molar-refractivity contribution is -0.120. The largest absolute Gasteiger partial charge is 0.325 e. The van der Waals surface area contributed by atoms with E-state index in [-0.39, 0.29) is 12.0 Å². The molecule has 1 aromatic heterocycles. The Labute approximate surface area is 71.9 Å². The number of carbonyl (C=O) groups is 1. The summed E-state index contributed by atoms with van der Waals surface area (Å²) in [5, 5.41) is 0. The molecule has 0 aromatic carbocycles. The zero-order valence-electron chi connectivity index (χ0n) is 6.59. The van der Waals surface area contributed by atoms with Crippen molar-refractivity contribution in [3.8, 4) is 0 Å². The Kier molecular flexibility index (Phi) is 2.60. The number of H-pyrrole nitrogens is 2. The first-order valence-electron chi connectivity index (χ1n) is 3.44. The van der Waals surface area contributed by atoms with Gasteiger partial charge in [0.2, 0.25) is 5.91 Å². The summed E-state index contributed by atoms with van der Waals surface area (Å²) in [6.07, 6.45) is 1.01. The number of nitrogens with two attached hydrogens (primary N) is 1. The highest BCUT2D eigenvalue weighted by Crippen LogP contribution is 1.85. The molecule has 1 heterocycles. The van der Waals surface area contributed by atoms with Crippen molar-refractivity contribution >= 4 is 5.91 Å². The summed E-state index contributed by atoms with van der Waals surface area (Å²) in [6.45, 7) is 0. The van der Waals surface area contributed by atoms with E-state index in [1.54, 1.807) is 0 Å². The molecule has 0 radical (unpaired) electrons. The van der Waals surface area contributed by atoms with E-state index in [9.17, 15) is 14.4 Å². The summed E-state index contributed by atoms with van der Waals surface area (Å²) < 4.78 is 0. The standard InChI is InChI=1S/C6H8N4O3/c7-10-4(11)1-3-2-8-6(13)9-5(3)12/h2H,1,7H2,(H,10,11)(H2,8,9,12,13). The lowest BCUT2D eigenvalue weighted by atomic mass is 10.2. The minimum Gasteiger partial charge on any atom is -0.314 e. The summed E-state index contributed by atoms with van der Waals surface area (Å²) in [5.41, 5.74) is 0.827. The number of aromatic amines is 2. The van der Waals surface area contributed by atoms with Crippen molar-refractivity contribution in [2.75, 3.05) is 0 Å². The van der Waals surface area contributed by atoms with Crippen molar-refractivity contribution in [3.63, 3.8) is 0 Å². The number of hydrazine groups is 1. The average Bonchev–Trinajstić information content (AvgIpc) is 2.09. The molecule has 0 bridgehead atoms. The van der Waals surface area contributed by atoms with E-state index >= 15 is 0 Å². The van der Waals surface area contributed by atoms with E-state index in [1.807, 2.05) is 10.4 Å². The van der Waals surface area contributed by atoms with Crippen LogP contribution in [-0.2, 0) is 11.2 Å². The topological polar surface area (TPSA) is 121 Å². The summed E-state index contributed by atoms with van der Waals surface area (Å²) in [6, 6.07) is 0. The number of carbonyl (C=O) groups excluding carboxylic acids is 1. The van der Waals surface area contributed by atoms with Gasteiger partial charge < -0.3 is 4.98 Å². The van der Waals surface area contributed by atoms with Gasteiger partial charge in [0, 0.05) is 11.8 Å². The highest BCUT2D eigenvalue weighted by molar-refractivity contribution is 5.77. The maximum absolute atomic E-state index is 11.0. The molecule has 7 heteroatoms. The summed E-state index contributed by atoms with van der Waals surface area (Å²) in [5.74, 6) is 4.31. The van der Waals surface area contributed by atoms with Gasteiger partial charge in [0.15, 0.2) is 0 Å². The molecule has 0 unspecified atom stereocenters. The molecule has 0 fully saturated rings. The van der Waals surface area contributed by atoms with Crippen molar-refractivity contribution < 1.29 is 4.79 Å². The maximum Gasteiger partial charge on any atom is 0.325 e. The first kappa shape index (κ1) is 9.20. The van der Waals surface area contributed by atoms with Crippen LogP contribution in [0.3, 0.4) is 0 Å². The molecule has 0 saturated heterocycles. The zero-order chi connectivity index (χ0) is 9.84. The van der Waals surface area contributed by atoms with Gasteiger partial charge in [0.1, 0.15) is 0 Å². The van der Waals surface area contributed by atoms with Gasteiger partial charge in [-0.05, 0) is 0 Å². The lowest BCUT2D eigenvalue weighted by Crippen LogP contribution is -2.34. The van der Waals surface area contributed by atoms with Crippen molar-refractivity contribution in [2.24, 2.45) is 5.84 Å². The molecule has 7 nitrogen and oxygen atoms in total. The van der Waals surface area contributed by atoms with E-state index in [2.05, 4.69) is 4.98 Å². The molecule has 5 N–H and O–H groups in total. The Morgan fingerprint density at radius 2 is 2.23 bits per heavy atom. The van der Waals surface area contributed by atoms with Crippen LogP contribution in [0.5, 0.6) is 0 Å². The normalized spacial score (nSPS) is 9.62. The molecule has 1 aromatic rings. The van der Waals surface area contributed by atoms with Crippen LogP contribution in [-0.4, -0.2) is 15.9 Å². The van der Waals surface area contributed by atoms with Gasteiger partial charge in [0.05, 0.1) is 6.42 Å². The Morgan fingerprint density at radius 1 is 1.54 bits per heavy atom. The highest BCUT2D eigenvalue weighted by Gasteiger charge is 2.05. The van der Waals surface area contributed by atoms with E-state index in [0.717, 1.165) is 0 Å². The van der Waals surface area contributed by atoms with Crippen LogP contribution in [0, 0.1) is 0 Å². The van der Waals surface area contributed by atoms with Crippen molar-refractivity contribution in [2.45, 2.75) is 6.42 Å². The van der Waals surface area contributed by atoms with Crippen LogP contribution in [0.2, 0.25) is 0 Å². The summed E-state index contributed by atoms with van der Waals surface area (Å²) in [4.78, 5) is 36.5. The molecular weight excluding hydrogens is 176 g/mol. The minimum absolute atomic E-state index is 0.155. The average molecular weight is 184 g/mol. The summed E-state index contributed by atoms with van der Waals surface area (Å²) in [7, 11) is 0. The van der Waals surface area contributed by atoms with Gasteiger partial charge >= 0.3 is 5.69 Å². The Balaban J connectivity index is 2.97. The Bertz CT molecular complexity index is 418. The number of aromatic nitrogens is 2. The van der Waals surface area contributed by atoms with Gasteiger partial charge in [-0.25, -0.2) is 10.6 Å². The highest BCUT2D eigenvalue weighted by atomic mass is 16.2. The molecule has 13 heavy (non-hydrogen) atoms. The number of rotatable bonds is 2. The van der Waals surface area contributed by atoms with Crippen LogP contribution in [0.15, 0.2) is 15.8 Å². The fourth-order valence-corrected chi connectivity index (χ4v) is 0.793. The second kappa shape index (κ2) is 3.68. The second-order valence-electron chi connectivity index (χ2n) is 2.34. The molecule has 0 aliphatic heterocycles. The van der Waals surface area contributed by atoms with Gasteiger partial charge in [-0.15, -0.1) is 0 Å². The van der Waals surface area contributed by atoms with Gasteiger partial charge in [-0.1, -0.05) is 0 Å². The molecule has 0 atom stereocenters. The van der Waals surface area contributed by atoms with Crippen LogP contribution in [0.25, 0.3) is 0 Å². The van der Waals surface area contributed by atoms with E-state index in [1.165, 1.54) is 6.20 Å². The molecule has 1 amide bonds. The first-order chi connectivity index (χ1) is 6.13. The van der Waals surface area contributed by atoms with Gasteiger partial charge in [-0.2, -0.15) is 0 Å². The van der Waals surface area contributed by atoms with Crippen LogP contribution < -0.4 is 22.5 Å². The molecule has 0 spiro atoms. The van der Waals surface area contributed by atoms with Crippen molar-refractivity contribution in [3.05, 3.63) is 32.6 Å². The predicted octanol–water partition coefficient (Wildman–Crippen LogP) is -2.40. The molecule has 1 rings (SSSR count). The zero-order valence-corrected chi connectivity index (χ0v) is 6.59. The molecule has 0 saturated carbocycles. The Hall–Kier alpha value is -1.89. The molecule has 70 valence electrons. The molecule has 0 aliphatic carbocycles. The van der Waals surface area contributed by atoms with Gasteiger partial charge in [0.25, 0.3) is 5.56 Å². The quantitative estimate of drug-likeness (QED) is 0.232. The molecule has 0 aliphatic rings. The minimum atomic E-state index is -0.609. The van der Waals surface area contributed by atoms with Crippen LogP contribution >= 0.6 is 0 Å². The van der Waals surface area contributed by atoms with Crippen LogP contribution in [0.1, 0.15) is 5.56 Å². The third-order valence-corrected chi connectivity index (χ3v) is 1.41.